The second-order valence-electron chi connectivity index (χ2n) is 7.68. The van der Waals surface area contributed by atoms with E-state index in [0.717, 1.165) is 47.5 Å². The number of hydrogen-bond donors (Lipinski definition) is 1. The molecule has 32 heavy (non-hydrogen) atoms. The minimum atomic E-state index is -3.64. The van der Waals surface area contributed by atoms with E-state index in [0.29, 0.717) is 26.2 Å². The molecular formula is C24H26N2O4S2. The van der Waals surface area contributed by atoms with Gasteiger partial charge < -0.3 is 10.1 Å². The largest absolute Gasteiger partial charge is 0.489 e. The zero-order valence-electron chi connectivity index (χ0n) is 17.7. The Balaban J connectivity index is 1.35. The number of para-hydroxylation sites is 1. The molecule has 2 aromatic carbocycles. The van der Waals surface area contributed by atoms with Gasteiger partial charge in [-0.2, -0.15) is 4.31 Å². The van der Waals surface area contributed by atoms with Crippen LogP contribution in [0.5, 0.6) is 5.75 Å². The van der Waals surface area contributed by atoms with Crippen LogP contribution in [0.2, 0.25) is 0 Å². The summed E-state index contributed by atoms with van der Waals surface area (Å²) in [6.07, 6.45) is 2.76. The van der Waals surface area contributed by atoms with Crippen molar-refractivity contribution in [1.29, 1.82) is 0 Å². The molecule has 1 N–H and O–H groups in total. The lowest BCUT2D eigenvalue weighted by atomic mass is 10.1. The Hall–Kier alpha value is -2.68. The number of piperidine rings is 1. The molecule has 168 valence electrons. The summed E-state index contributed by atoms with van der Waals surface area (Å²) in [5, 5.41) is 4.51. The number of nitrogens with one attached hydrogen (secondary N) is 1. The minimum Gasteiger partial charge on any atom is -0.489 e. The van der Waals surface area contributed by atoms with Gasteiger partial charge >= 0.3 is 0 Å². The normalized spacial score (nSPS) is 14.8. The van der Waals surface area contributed by atoms with Crippen LogP contribution in [0.4, 0.5) is 0 Å². The van der Waals surface area contributed by atoms with E-state index in [1.54, 1.807) is 5.38 Å². The molecule has 0 unspecified atom stereocenters. The molecule has 4 rings (SSSR count). The lowest BCUT2D eigenvalue weighted by molar-refractivity contribution is 0.0952. The summed E-state index contributed by atoms with van der Waals surface area (Å²) in [7, 11) is -3.64. The molecule has 0 radical (unpaired) electrons. The van der Waals surface area contributed by atoms with Crippen molar-refractivity contribution < 1.29 is 17.9 Å². The van der Waals surface area contributed by atoms with Gasteiger partial charge in [-0.15, -0.1) is 11.3 Å². The van der Waals surface area contributed by atoms with Gasteiger partial charge in [-0.3, -0.25) is 4.79 Å². The van der Waals surface area contributed by atoms with Crippen molar-refractivity contribution in [3.8, 4) is 5.75 Å². The van der Waals surface area contributed by atoms with E-state index in [1.807, 2.05) is 54.6 Å². The number of sulfonamides is 1. The van der Waals surface area contributed by atoms with Crippen LogP contribution < -0.4 is 10.1 Å². The SMILES string of the molecule is O=C(NCc1ccc(COc2ccccc2)cc1)c1sccc1S(=O)(=O)N1CCCCC1. The average molecular weight is 471 g/mol. The molecule has 1 amide bonds. The quantitative estimate of drug-likeness (QED) is 0.528. The van der Waals surface area contributed by atoms with Gasteiger partial charge in [0.15, 0.2) is 0 Å². The van der Waals surface area contributed by atoms with Crippen LogP contribution in [-0.2, 0) is 23.2 Å². The molecule has 0 aliphatic carbocycles. The number of nitrogens with zero attached hydrogens (tertiary/aromatic N) is 1. The Morgan fingerprint density at radius 1 is 0.938 bits per heavy atom. The summed E-state index contributed by atoms with van der Waals surface area (Å²) in [6, 6.07) is 18.9. The molecule has 6 nitrogen and oxygen atoms in total. The fourth-order valence-electron chi connectivity index (χ4n) is 3.61. The van der Waals surface area contributed by atoms with Gasteiger partial charge in [-0.05, 0) is 47.5 Å². The number of rotatable bonds is 8. The average Bonchev–Trinajstić information content (AvgIpc) is 3.34. The molecule has 1 aliphatic heterocycles. The summed E-state index contributed by atoms with van der Waals surface area (Å²) in [5.74, 6) is 0.446. The molecule has 1 saturated heterocycles. The number of benzene rings is 2. The Bertz CT molecular complexity index is 1140. The smallest absolute Gasteiger partial charge is 0.263 e. The zero-order chi connectivity index (χ0) is 22.4. The van der Waals surface area contributed by atoms with E-state index in [1.165, 1.54) is 10.4 Å². The number of hydrogen-bond acceptors (Lipinski definition) is 5. The second-order valence-corrected chi connectivity index (χ2v) is 10.5. The molecule has 1 fully saturated rings. The fraction of sp³-hybridized carbons (Fsp3) is 0.292. The van der Waals surface area contributed by atoms with E-state index in [4.69, 9.17) is 4.74 Å². The molecule has 0 saturated carbocycles. The first-order valence-electron chi connectivity index (χ1n) is 10.7. The van der Waals surface area contributed by atoms with E-state index in [2.05, 4.69) is 5.32 Å². The molecule has 1 aliphatic rings. The van der Waals surface area contributed by atoms with Crippen molar-refractivity contribution in [3.63, 3.8) is 0 Å². The van der Waals surface area contributed by atoms with E-state index >= 15 is 0 Å². The van der Waals surface area contributed by atoms with Gasteiger partial charge in [0, 0.05) is 19.6 Å². The maximum atomic E-state index is 13.0. The van der Waals surface area contributed by atoms with E-state index in [9.17, 15) is 13.2 Å². The van der Waals surface area contributed by atoms with Gasteiger partial charge in [0.25, 0.3) is 5.91 Å². The highest BCUT2D eigenvalue weighted by atomic mass is 32.2. The van der Waals surface area contributed by atoms with Gasteiger partial charge in [-0.25, -0.2) is 8.42 Å². The van der Waals surface area contributed by atoms with Crippen LogP contribution in [0.1, 0.15) is 40.1 Å². The summed E-state index contributed by atoms with van der Waals surface area (Å²) < 4.78 is 33.2. The Morgan fingerprint density at radius 3 is 2.34 bits per heavy atom. The molecule has 3 aromatic rings. The number of carbonyl (C=O) groups is 1. The lowest BCUT2D eigenvalue weighted by Crippen LogP contribution is -2.36. The van der Waals surface area contributed by atoms with Crippen LogP contribution in [-0.4, -0.2) is 31.7 Å². The number of ether oxygens (including phenoxy) is 1. The number of thiophene rings is 1. The van der Waals surface area contributed by atoms with Crippen LogP contribution in [0.25, 0.3) is 0 Å². The molecule has 2 heterocycles. The van der Waals surface area contributed by atoms with Gasteiger partial charge in [-0.1, -0.05) is 48.9 Å². The highest BCUT2D eigenvalue weighted by Crippen LogP contribution is 2.27. The third kappa shape index (κ3) is 5.38. The van der Waals surface area contributed by atoms with Gasteiger partial charge in [0.1, 0.15) is 22.1 Å². The predicted octanol–water partition coefficient (Wildman–Crippen LogP) is 4.43. The first-order chi connectivity index (χ1) is 15.5. The molecule has 1 aromatic heterocycles. The topological polar surface area (TPSA) is 75.7 Å². The van der Waals surface area contributed by atoms with Crippen LogP contribution >= 0.6 is 11.3 Å². The first kappa shape index (κ1) is 22.5. The fourth-order valence-corrected chi connectivity index (χ4v) is 6.44. The van der Waals surface area contributed by atoms with Gasteiger partial charge in [0.2, 0.25) is 10.0 Å². The minimum absolute atomic E-state index is 0.107. The Labute approximate surface area is 192 Å². The number of amides is 1. The molecule has 8 heteroatoms. The van der Waals surface area contributed by atoms with E-state index < -0.39 is 10.0 Å². The molecule has 0 spiro atoms. The van der Waals surface area contributed by atoms with Crippen molar-refractivity contribution >= 4 is 27.3 Å². The highest BCUT2D eigenvalue weighted by Gasteiger charge is 2.30. The van der Waals surface area contributed by atoms with Crippen molar-refractivity contribution in [3.05, 3.63) is 82.0 Å². The lowest BCUT2D eigenvalue weighted by Gasteiger charge is -2.25. The molecule has 0 bridgehead atoms. The van der Waals surface area contributed by atoms with Crippen molar-refractivity contribution in [2.24, 2.45) is 0 Å². The first-order valence-corrected chi connectivity index (χ1v) is 13.0. The summed E-state index contributed by atoms with van der Waals surface area (Å²) in [5.41, 5.74) is 1.95. The number of carbonyl (C=O) groups excluding carboxylic acids is 1. The van der Waals surface area contributed by atoms with Crippen LogP contribution in [0.3, 0.4) is 0 Å². The van der Waals surface area contributed by atoms with E-state index in [-0.39, 0.29) is 15.7 Å². The van der Waals surface area contributed by atoms with Crippen LogP contribution in [0.15, 0.2) is 70.9 Å². The monoisotopic (exact) mass is 470 g/mol. The standard InChI is InChI=1S/C24H26N2O4S2/c27-24(23-22(13-16-31-23)32(28,29)26-14-5-2-6-15-26)25-17-19-9-11-20(12-10-19)18-30-21-7-3-1-4-8-21/h1,3-4,7-13,16H,2,5-6,14-15,17-18H2,(H,25,27). The van der Waals surface area contributed by atoms with Crippen molar-refractivity contribution in [2.45, 2.75) is 37.3 Å². The predicted molar refractivity (Wildman–Crippen MR) is 125 cm³/mol. The summed E-state index contributed by atoms with van der Waals surface area (Å²) in [6.45, 7) is 1.81. The Kier molecular flexibility index (Phi) is 7.24. The third-order valence-electron chi connectivity index (χ3n) is 5.39. The maximum absolute atomic E-state index is 13.0. The second kappa shape index (κ2) is 10.3. The zero-order valence-corrected chi connectivity index (χ0v) is 19.3. The Morgan fingerprint density at radius 2 is 1.62 bits per heavy atom. The third-order valence-corrected chi connectivity index (χ3v) is 8.38. The summed E-state index contributed by atoms with van der Waals surface area (Å²) >= 11 is 1.16. The summed E-state index contributed by atoms with van der Waals surface area (Å²) in [4.78, 5) is 13.1. The van der Waals surface area contributed by atoms with Gasteiger partial charge in [0.05, 0.1) is 0 Å². The molecule has 0 atom stereocenters. The van der Waals surface area contributed by atoms with Crippen molar-refractivity contribution in [1.82, 2.24) is 9.62 Å². The molecular weight excluding hydrogens is 444 g/mol. The maximum Gasteiger partial charge on any atom is 0.263 e. The highest BCUT2D eigenvalue weighted by molar-refractivity contribution is 7.89. The van der Waals surface area contributed by atoms with Crippen LogP contribution in [0, 0.1) is 0 Å². The van der Waals surface area contributed by atoms with Crippen molar-refractivity contribution in [2.75, 3.05) is 13.1 Å².